The number of ether oxygens (including phenoxy) is 1. The van der Waals surface area contributed by atoms with Crippen LogP contribution in [0.15, 0.2) is 42.5 Å². The van der Waals surface area contributed by atoms with Crippen LogP contribution in [0, 0.1) is 11.6 Å². The molecule has 1 atom stereocenters. The van der Waals surface area contributed by atoms with Crippen molar-refractivity contribution in [3.63, 3.8) is 0 Å². The SMILES string of the molecule is C[C@H](NC(=O)c1ccc(OCc2ccc(F)cc2)cc1F)C(N)=O. The van der Waals surface area contributed by atoms with E-state index in [4.69, 9.17) is 10.5 Å². The van der Waals surface area contributed by atoms with Gasteiger partial charge in [-0.15, -0.1) is 0 Å². The first-order chi connectivity index (χ1) is 11.4. The first-order valence-electron chi connectivity index (χ1n) is 7.14. The molecule has 0 saturated carbocycles. The summed E-state index contributed by atoms with van der Waals surface area (Å²) in [5.74, 6) is -2.39. The van der Waals surface area contributed by atoms with Gasteiger partial charge in [-0.1, -0.05) is 12.1 Å². The first-order valence-corrected chi connectivity index (χ1v) is 7.14. The van der Waals surface area contributed by atoms with Gasteiger partial charge in [-0.3, -0.25) is 9.59 Å². The number of amides is 2. The summed E-state index contributed by atoms with van der Waals surface area (Å²) >= 11 is 0. The molecule has 0 aliphatic rings. The molecule has 2 aromatic rings. The summed E-state index contributed by atoms with van der Waals surface area (Å²) in [4.78, 5) is 22.8. The fourth-order valence-electron chi connectivity index (χ4n) is 1.86. The summed E-state index contributed by atoms with van der Waals surface area (Å²) in [6, 6.07) is 8.53. The van der Waals surface area contributed by atoms with Crippen LogP contribution in [0.25, 0.3) is 0 Å². The molecule has 24 heavy (non-hydrogen) atoms. The van der Waals surface area contributed by atoms with Crippen LogP contribution in [0.3, 0.4) is 0 Å². The van der Waals surface area contributed by atoms with Crippen molar-refractivity contribution in [1.82, 2.24) is 5.32 Å². The minimum Gasteiger partial charge on any atom is -0.489 e. The van der Waals surface area contributed by atoms with Crippen LogP contribution < -0.4 is 15.8 Å². The van der Waals surface area contributed by atoms with E-state index in [1.165, 1.54) is 31.2 Å². The molecular formula is C17H16F2N2O3. The number of primary amides is 1. The zero-order valence-electron chi connectivity index (χ0n) is 12.9. The monoisotopic (exact) mass is 334 g/mol. The van der Waals surface area contributed by atoms with Crippen molar-refractivity contribution >= 4 is 11.8 Å². The van der Waals surface area contributed by atoms with Crippen LogP contribution in [0.2, 0.25) is 0 Å². The standard InChI is InChI=1S/C17H16F2N2O3/c1-10(16(20)22)21-17(23)14-7-6-13(8-15(14)19)24-9-11-2-4-12(18)5-3-11/h2-8,10H,9H2,1H3,(H2,20,22)(H,21,23)/t10-/m0/s1. The van der Waals surface area contributed by atoms with Crippen LogP contribution in [0.4, 0.5) is 8.78 Å². The number of carbonyl (C=O) groups excluding carboxylic acids is 2. The first kappa shape index (κ1) is 17.4. The molecule has 0 radical (unpaired) electrons. The normalized spacial score (nSPS) is 11.6. The van der Waals surface area contributed by atoms with E-state index in [-0.39, 0.29) is 23.7 Å². The summed E-state index contributed by atoms with van der Waals surface area (Å²) in [5, 5.41) is 2.29. The molecule has 126 valence electrons. The Bertz CT molecular complexity index is 748. The fourth-order valence-corrected chi connectivity index (χ4v) is 1.86. The van der Waals surface area contributed by atoms with Gasteiger partial charge in [0.2, 0.25) is 5.91 Å². The van der Waals surface area contributed by atoms with E-state index >= 15 is 0 Å². The molecule has 0 bridgehead atoms. The molecule has 5 nitrogen and oxygen atoms in total. The van der Waals surface area contributed by atoms with E-state index in [0.717, 1.165) is 6.07 Å². The highest BCUT2D eigenvalue weighted by Crippen LogP contribution is 2.18. The maximum absolute atomic E-state index is 14.0. The predicted molar refractivity (Wildman–Crippen MR) is 83.3 cm³/mol. The van der Waals surface area contributed by atoms with Gasteiger partial charge < -0.3 is 15.8 Å². The Balaban J connectivity index is 2.02. The van der Waals surface area contributed by atoms with Gasteiger partial charge in [0.25, 0.3) is 5.91 Å². The summed E-state index contributed by atoms with van der Waals surface area (Å²) in [7, 11) is 0. The molecule has 0 saturated heterocycles. The lowest BCUT2D eigenvalue weighted by molar-refractivity contribution is -0.119. The second-order valence-corrected chi connectivity index (χ2v) is 5.15. The molecule has 0 spiro atoms. The van der Waals surface area contributed by atoms with E-state index in [0.29, 0.717) is 5.56 Å². The smallest absolute Gasteiger partial charge is 0.254 e. The Kier molecular flexibility index (Phi) is 5.47. The van der Waals surface area contributed by atoms with Gasteiger partial charge >= 0.3 is 0 Å². The molecule has 0 heterocycles. The maximum atomic E-state index is 14.0. The second kappa shape index (κ2) is 7.54. The third kappa shape index (κ3) is 4.52. The van der Waals surface area contributed by atoms with Gasteiger partial charge in [-0.2, -0.15) is 0 Å². The molecule has 2 aromatic carbocycles. The van der Waals surface area contributed by atoms with E-state index in [1.807, 2.05) is 0 Å². The van der Waals surface area contributed by atoms with Crippen molar-refractivity contribution in [3.8, 4) is 5.75 Å². The third-order valence-electron chi connectivity index (χ3n) is 3.28. The number of hydrogen-bond donors (Lipinski definition) is 2. The van der Waals surface area contributed by atoms with Gasteiger partial charge in [0.15, 0.2) is 0 Å². The van der Waals surface area contributed by atoms with Gasteiger partial charge in [0.1, 0.15) is 30.0 Å². The number of benzene rings is 2. The number of hydrogen-bond acceptors (Lipinski definition) is 3. The zero-order chi connectivity index (χ0) is 17.7. The Labute approximate surface area is 137 Å². The minimum atomic E-state index is -0.911. The average molecular weight is 334 g/mol. The number of rotatable bonds is 6. The van der Waals surface area contributed by atoms with E-state index in [2.05, 4.69) is 5.32 Å². The highest BCUT2D eigenvalue weighted by molar-refractivity contribution is 5.97. The van der Waals surface area contributed by atoms with Crippen molar-refractivity contribution in [2.75, 3.05) is 0 Å². The van der Waals surface area contributed by atoms with Crippen molar-refractivity contribution in [2.24, 2.45) is 5.73 Å². The van der Waals surface area contributed by atoms with Crippen LogP contribution >= 0.6 is 0 Å². The molecule has 2 rings (SSSR count). The Morgan fingerprint density at radius 3 is 2.42 bits per heavy atom. The molecular weight excluding hydrogens is 318 g/mol. The van der Waals surface area contributed by atoms with E-state index in [1.54, 1.807) is 12.1 Å². The summed E-state index contributed by atoms with van der Waals surface area (Å²) in [5.41, 5.74) is 5.53. The number of carbonyl (C=O) groups is 2. The van der Waals surface area contributed by atoms with Crippen LogP contribution in [-0.4, -0.2) is 17.9 Å². The van der Waals surface area contributed by atoms with Crippen molar-refractivity contribution in [1.29, 1.82) is 0 Å². The molecule has 0 aromatic heterocycles. The summed E-state index contributed by atoms with van der Waals surface area (Å²) in [6.07, 6.45) is 0. The molecule has 3 N–H and O–H groups in total. The molecule has 0 aliphatic carbocycles. The van der Waals surface area contributed by atoms with Gasteiger partial charge in [0, 0.05) is 6.07 Å². The second-order valence-electron chi connectivity index (χ2n) is 5.15. The Morgan fingerprint density at radius 1 is 1.17 bits per heavy atom. The van der Waals surface area contributed by atoms with Crippen molar-refractivity contribution in [2.45, 2.75) is 19.6 Å². The molecule has 2 amide bonds. The molecule has 0 fully saturated rings. The number of halogens is 2. The number of nitrogens with one attached hydrogen (secondary N) is 1. The quantitative estimate of drug-likeness (QED) is 0.849. The van der Waals surface area contributed by atoms with Gasteiger partial charge in [-0.25, -0.2) is 8.78 Å². The lowest BCUT2D eigenvalue weighted by Gasteiger charge is -2.12. The highest BCUT2D eigenvalue weighted by atomic mass is 19.1. The Morgan fingerprint density at radius 2 is 1.83 bits per heavy atom. The molecule has 7 heteroatoms. The van der Waals surface area contributed by atoms with Crippen LogP contribution in [0.5, 0.6) is 5.75 Å². The van der Waals surface area contributed by atoms with Gasteiger partial charge in [-0.05, 0) is 36.8 Å². The van der Waals surface area contributed by atoms with Crippen LogP contribution in [0.1, 0.15) is 22.8 Å². The van der Waals surface area contributed by atoms with Gasteiger partial charge in [0.05, 0.1) is 5.56 Å². The summed E-state index contributed by atoms with van der Waals surface area (Å²) in [6.45, 7) is 1.53. The Hall–Kier alpha value is -2.96. The minimum absolute atomic E-state index is 0.129. The number of nitrogens with two attached hydrogens (primary N) is 1. The average Bonchev–Trinajstić information content (AvgIpc) is 2.54. The largest absolute Gasteiger partial charge is 0.489 e. The maximum Gasteiger partial charge on any atom is 0.254 e. The lowest BCUT2D eigenvalue weighted by atomic mass is 10.1. The highest BCUT2D eigenvalue weighted by Gasteiger charge is 2.17. The predicted octanol–water partition coefficient (Wildman–Crippen LogP) is 2.15. The van der Waals surface area contributed by atoms with Crippen molar-refractivity contribution < 1.29 is 23.1 Å². The van der Waals surface area contributed by atoms with Crippen molar-refractivity contribution in [3.05, 3.63) is 65.2 Å². The van der Waals surface area contributed by atoms with E-state index in [9.17, 15) is 18.4 Å². The van der Waals surface area contributed by atoms with E-state index < -0.39 is 23.7 Å². The molecule has 0 unspecified atom stereocenters. The topological polar surface area (TPSA) is 81.4 Å². The third-order valence-corrected chi connectivity index (χ3v) is 3.28. The fraction of sp³-hybridized carbons (Fsp3) is 0.176. The molecule has 0 aliphatic heterocycles. The summed E-state index contributed by atoms with van der Waals surface area (Å²) < 4.78 is 32.2. The van der Waals surface area contributed by atoms with Crippen LogP contribution in [-0.2, 0) is 11.4 Å². The zero-order valence-corrected chi connectivity index (χ0v) is 12.9. The lowest BCUT2D eigenvalue weighted by Crippen LogP contribution is -2.42.